The second-order valence-corrected chi connectivity index (χ2v) is 8.68. The normalized spacial score (nSPS) is 29.7. The van der Waals surface area contributed by atoms with E-state index in [-0.39, 0.29) is 10.8 Å². The Balaban J connectivity index is 1.92. The minimum Gasteiger partial charge on any atom is -0.251 e. The molecule has 0 spiro atoms. The number of hydrogen-bond acceptors (Lipinski definition) is 2. The van der Waals surface area contributed by atoms with Crippen molar-refractivity contribution in [2.24, 2.45) is 26.7 Å². The van der Waals surface area contributed by atoms with Crippen molar-refractivity contribution in [2.45, 2.75) is 47.5 Å². The van der Waals surface area contributed by atoms with Crippen LogP contribution in [0, 0.1) is 30.6 Å². The fourth-order valence-corrected chi connectivity index (χ4v) is 4.79. The molecular formula is C24H28N2. The van der Waals surface area contributed by atoms with E-state index < -0.39 is 0 Å². The molecule has 2 heteroatoms. The second-order valence-electron chi connectivity index (χ2n) is 8.68. The van der Waals surface area contributed by atoms with E-state index in [9.17, 15) is 0 Å². The van der Waals surface area contributed by atoms with E-state index in [0.717, 1.165) is 11.4 Å². The van der Waals surface area contributed by atoms with Crippen molar-refractivity contribution in [3.05, 3.63) is 59.7 Å². The molecule has 26 heavy (non-hydrogen) atoms. The van der Waals surface area contributed by atoms with Crippen molar-refractivity contribution in [3.8, 4) is 0 Å². The van der Waals surface area contributed by atoms with E-state index in [0.29, 0.717) is 5.92 Å². The summed E-state index contributed by atoms with van der Waals surface area (Å²) in [6, 6.07) is 16.8. The molecule has 4 rings (SSSR count). The molecule has 2 atom stereocenters. The average Bonchev–Trinajstić information content (AvgIpc) is 2.92. The van der Waals surface area contributed by atoms with Gasteiger partial charge in [0.2, 0.25) is 0 Å². The van der Waals surface area contributed by atoms with Crippen molar-refractivity contribution < 1.29 is 0 Å². The Hall–Kier alpha value is -2.22. The number of aliphatic imine (C=N–C) groups is 2. The van der Waals surface area contributed by atoms with Crippen LogP contribution in [0.2, 0.25) is 0 Å². The molecule has 2 fully saturated rings. The number of nitrogens with zero attached hydrogens (tertiary/aromatic N) is 2. The third-order valence-corrected chi connectivity index (χ3v) is 7.03. The molecule has 0 amide bonds. The standard InChI is InChI=1S/C24H28N2/c1-16-10-6-8-12-19(16)25-21-18-14-15-24(5,23(18,3)4)22(21)26-20-13-9-7-11-17(20)2/h6-13,18H,14-15H2,1-5H3/b25-21+,26-22-. The first-order chi connectivity index (χ1) is 12.3. The topological polar surface area (TPSA) is 24.7 Å². The first kappa shape index (κ1) is 17.2. The molecule has 0 saturated heterocycles. The van der Waals surface area contributed by atoms with E-state index in [1.807, 2.05) is 0 Å². The molecule has 2 aliphatic rings. The van der Waals surface area contributed by atoms with E-state index in [1.165, 1.54) is 35.4 Å². The first-order valence-corrected chi connectivity index (χ1v) is 9.64. The van der Waals surface area contributed by atoms with Gasteiger partial charge in [0.1, 0.15) is 0 Å². The number of aryl methyl sites for hydroxylation is 2. The number of rotatable bonds is 2. The van der Waals surface area contributed by atoms with Gasteiger partial charge in [0.25, 0.3) is 0 Å². The van der Waals surface area contributed by atoms with Crippen LogP contribution in [0.5, 0.6) is 0 Å². The van der Waals surface area contributed by atoms with Gasteiger partial charge in [-0.1, -0.05) is 57.2 Å². The average molecular weight is 345 g/mol. The summed E-state index contributed by atoms with van der Waals surface area (Å²) in [4.78, 5) is 10.4. The maximum absolute atomic E-state index is 5.20. The predicted molar refractivity (Wildman–Crippen MR) is 111 cm³/mol. The number of hydrogen-bond donors (Lipinski definition) is 0. The van der Waals surface area contributed by atoms with Gasteiger partial charge in [-0.3, -0.25) is 9.98 Å². The molecule has 134 valence electrons. The zero-order valence-electron chi connectivity index (χ0n) is 16.5. The molecule has 2 aromatic rings. The fraction of sp³-hybridized carbons (Fsp3) is 0.417. The van der Waals surface area contributed by atoms with Crippen molar-refractivity contribution in [2.75, 3.05) is 0 Å². The highest BCUT2D eigenvalue weighted by Crippen LogP contribution is 2.63. The summed E-state index contributed by atoms with van der Waals surface area (Å²) in [7, 11) is 0. The van der Waals surface area contributed by atoms with Gasteiger partial charge in [0.05, 0.1) is 22.8 Å². The lowest BCUT2D eigenvalue weighted by molar-refractivity contribution is 0.208. The van der Waals surface area contributed by atoms with Gasteiger partial charge in [-0.05, 0) is 55.4 Å². The van der Waals surface area contributed by atoms with E-state index in [1.54, 1.807) is 0 Å². The van der Waals surface area contributed by atoms with Crippen LogP contribution in [0.1, 0.15) is 44.7 Å². The first-order valence-electron chi connectivity index (χ1n) is 9.64. The molecule has 2 nitrogen and oxygen atoms in total. The Morgan fingerprint density at radius 3 is 1.92 bits per heavy atom. The van der Waals surface area contributed by atoms with Crippen LogP contribution in [0.25, 0.3) is 0 Å². The summed E-state index contributed by atoms with van der Waals surface area (Å²) in [5.41, 5.74) is 7.28. The number of fused-ring (bicyclic) bond motifs is 2. The Morgan fingerprint density at radius 2 is 1.35 bits per heavy atom. The van der Waals surface area contributed by atoms with Crippen LogP contribution >= 0.6 is 0 Å². The lowest BCUT2D eigenvalue weighted by atomic mass is 9.70. The summed E-state index contributed by atoms with van der Waals surface area (Å²) >= 11 is 0. The third-order valence-electron chi connectivity index (χ3n) is 7.03. The molecule has 0 N–H and O–H groups in total. The number of para-hydroxylation sites is 2. The molecule has 0 heterocycles. The molecule has 0 aromatic heterocycles. The van der Waals surface area contributed by atoms with Crippen molar-refractivity contribution >= 4 is 22.8 Å². The smallest absolute Gasteiger partial charge is 0.0693 e. The minimum atomic E-state index is 0.0848. The molecule has 0 radical (unpaired) electrons. The van der Waals surface area contributed by atoms with E-state index in [4.69, 9.17) is 9.98 Å². The minimum absolute atomic E-state index is 0.0848. The second kappa shape index (κ2) is 5.90. The van der Waals surface area contributed by atoms with Crippen molar-refractivity contribution in [1.29, 1.82) is 0 Å². The van der Waals surface area contributed by atoms with Crippen LogP contribution in [-0.4, -0.2) is 11.4 Å². The molecular weight excluding hydrogens is 316 g/mol. The van der Waals surface area contributed by atoms with Gasteiger partial charge in [-0.25, -0.2) is 0 Å². The summed E-state index contributed by atoms with van der Waals surface area (Å²) in [5, 5.41) is 0. The highest BCUT2D eigenvalue weighted by atomic mass is 14.9. The van der Waals surface area contributed by atoms with Gasteiger partial charge >= 0.3 is 0 Å². The molecule has 2 saturated carbocycles. The Bertz CT molecular complexity index is 919. The maximum atomic E-state index is 5.20. The van der Waals surface area contributed by atoms with Crippen molar-refractivity contribution in [3.63, 3.8) is 0 Å². The Kier molecular flexibility index (Phi) is 3.91. The van der Waals surface area contributed by atoms with Crippen LogP contribution in [0.15, 0.2) is 58.5 Å². The molecule has 2 aromatic carbocycles. The lowest BCUT2D eigenvalue weighted by Gasteiger charge is -2.33. The highest BCUT2D eigenvalue weighted by Gasteiger charge is 2.63. The zero-order chi connectivity index (χ0) is 18.5. The largest absolute Gasteiger partial charge is 0.251 e. The number of benzene rings is 2. The third kappa shape index (κ3) is 2.39. The van der Waals surface area contributed by atoms with E-state index >= 15 is 0 Å². The quantitative estimate of drug-likeness (QED) is 0.586. The zero-order valence-corrected chi connectivity index (χ0v) is 16.5. The summed E-state index contributed by atoms with van der Waals surface area (Å²) < 4.78 is 0. The van der Waals surface area contributed by atoms with Gasteiger partial charge in [0.15, 0.2) is 0 Å². The van der Waals surface area contributed by atoms with E-state index in [2.05, 4.69) is 83.1 Å². The maximum Gasteiger partial charge on any atom is 0.0693 e. The monoisotopic (exact) mass is 344 g/mol. The van der Waals surface area contributed by atoms with Gasteiger partial charge in [-0.2, -0.15) is 0 Å². The van der Waals surface area contributed by atoms with Crippen LogP contribution in [0.4, 0.5) is 11.4 Å². The molecule has 0 aliphatic heterocycles. The van der Waals surface area contributed by atoms with Crippen molar-refractivity contribution in [1.82, 2.24) is 0 Å². The van der Waals surface area contributed by atoms with Gasteiger partial charge in [-0.15, -0.1) is 0 Å². The Morgan fingerprint density at radius 1 is 0.808 bits per heavy atom. The Labute approximate surface area is 157 Å². The van der Waals surface area contributed by atoms with Crippen LogP contribution in [0.3, 0.4) is 0 Å². The highest BCUT2D eigenvalue weighted by molar-refractivity contribution is 6.48. The predicted octanol–water partition coefficient (Wildman–Crippen LogP) is 6.60. The lowest BCUT2D eigenvalue weighted by Crippen LogP contribution is -2.33. The molecule has 2 aliphatic carbocycles. The van der Waals surface area contributed by atoms with Crippen LogP contribution in [-0.2, 0) is 0 Å². The van der Waals surface area contributed by atoms with Gasteiger partial charge < -0.3 is 0 Å². The summed E-state index contributed by atoms with van der Waals surface area (Å²) in [5.74, 6) is 0.481. The molecule has 2 bridgehead atoms. The summed E-state index contributed by atoms with van der Waals surface area (Å²) in [6.45, 7) is 11.5. The fourth-order valence-electron chi connectivity index (χ4n) is 4.79. The summed E-state index contributed by atoms with van der Waals surface area (Å²) in [6.07, 6.45) is 2.41. The SMILES string of the molecule is Cc1ccccc1/N=C1/C(=N/c2ccccc2C)C2(C)CCC1C2(C)C. The van der Waals surface area contributed by atoms with Crippen LogP contribution < -0.4 is 0 Å². The molecule has 2 unspecified atom stereocenters. The van der Waals surface area contributed by atoms with Gasteiger partial charge in [0, 0.05) is 11.3 Å².